The van der Waals surface area contributed by atoms with Gasteiger partial charge in [0.1, 0.15) is 5.69 Å². The van der Waals surface area contributed by atoms with Gasteiger partial charge in [0.05, 0.1) is 30.2 Å². The van der Waals surface area contributed by atoms with Gasteiger partial charge in [-0.05, 0) is 18.9 Å². The summed E-state index contributed by atoms with van der Waals surface area (Å²) in [5, 5.41) is 9.20. The highest BCUT2D eigenvalue weighted by Gasteiger charge is 2.34. The van der Waals surface area contributed by atoms with Crippen LogP contribution in [0.5, 0.6) is 0 Å². The van der Waals surface area contributed by atoms with E-state index in [1.54, 1.807) is 4.90 Å². The van der Waals surface area contributed by atoms with Crippen LogP contribution in [-0.2, 0) is 6.18 Å². The summed E-state index contributed by atoms with van der Waals surface area (Å²) in [4.78, 5) is 5.01. The Bertz CT molecular complexity index is 436. The standard InChI is InChI=1S/C11H14F3N3O/c12-11(13,14)10-4-9(8(15)5-16-10)17-3-1-2-7(17)6-18/h4-5,7,18H,1-3,6,15H2. The fraction of sp³-hybridized carbons (Fsp3) is 0.545. The number of aliphatic hydroxyl groups excluding tert-OH is 1. The minimum absolute atomic E-state index is 0.0941. The maximum Gasteiger partial charge on any atom is 0.433 e. The molecule has 1 unspecified atom stereocenters. The molecule has 1 aliphatic rings. The van der Waals surface area contributed by atoms with Crippen LogP contribution in [0.3, 0.4) is 0 Å². The average Bonchev–Trinajstić information content (AvgIpc) is 2.76. The first-order chi connectivity index (χ1) is 8.43. The van der Waals surface area contributed by atoms with Crippen molar-refractivity contribution in [3.63, 3.8) is 0 Å². The van der Waals surface area contributed by atoms with Gasteiger partial charge in [-0.15, -0.1) is 0 Å². The second kappa shape index (κ2) is 4.64. The summed E-state index contributed by atoms with van der Waals surface area (Å²) in [7, 11) is 0. The van der Waals surface area contributed by atoms with E-state index < -0.39 is 11.9 Å². The minimum Gasteiger partial charge on any atom is -0.396 e. The number of hydrogen-bond acceptors (Lipinski definition) is 4. The monoisotopic (exact) mass is 261 g/mol. The third-order valence-corrected chi connectivity index (χ3v) is 3.10. The fourth-order valence-corrected chi connectivity index (χ4v) is 2.20. The van der Waals surface area contributed by atoms with E-state index in [0.717, 1.165) is 25.1 Å². The topological polar surface area (TPSA) is 62.4 Å². The number of aromatic nitrogens is 1. The van der Waals surface area contributed by atoms with Crippen molar-refractivity contribution in [1.82, 2.24) is 4.98 Å². The number of nitrogens with zero attached hydrogens (tertiary/aromatic N) is 2. The van der Waals surface area contributed by atoms with Crippen molar-refractivity contribution in [1.29, 1.82) is 0 Å². The maximum atomic E-state index is 12.6. The third-order valence-electron chi connectivity index (χ3n) is 3.10. The first-order valence-corrected chi connectivity index (χ1v) is 5.63. The molecule has 7 heteroatoms. The lowest BCUT2D eigenvalue weighted by Gasteiger charge is -2.27. The largest absolute Gasteiger partial charge is 0.433 e. The zero-order chi connectivity index (χ0) is 13.3. The van der Waals surface area contributed by atoms with Crippen molar-refractivity contribution in [2.75, 3.05) is 23.8 Å². The molecule has 0 aromatic carbocycles. The molecule has 0 spiro atoms. The highest BCUT2D eigenvalue weighted by molar-refractivity contribution is 5.68. The van der Waals surface area contributed by atoms with E-state index in [1.165, 1.54) is 0 Å². The van der Waals surface area contributed by atoms with Gasteiger partial charge in [-0.1, -0.05) is 0 Å². The predicted molar refractivity (Wildman–Crippen MR) is 61.1 cm³/mol. The number of pyridine rings is 1. The molecule has 3 N–H and O–H groups in total. The van der Waals surface area contributed by atoms with Crippen LogP contribution < -0.4 is 10.6 Å². The SMILES string of the molecule is Nc1cnc(C(F)(F)F)cc1N1CCCC1CO. The van der Waals surface area contributed by atoms with Crippen molar-refractivity contribution in [3.05, 3.63) is 18.0 Å². The lowest BCUT2D eigenvalue weighted by atomic mass is 10.2. The van der Waals surface area contributed by atoms with Crippen LogP contribution in [0.15, 0.2) is 12.3 Å². The molecule has 4 nitrogen and oxygen atoms in total. The number of nitrogens with two attached hydrogens (primary N) is 1. The van der Waals surface area contributed by atoms with Gasteiger partial charge in [-0.2, -0.15) is 13.2 Å². The Hall–Kier alpha value is -1.50. The Balaban J connectivity index is 2.37. The van der Waals surface area contributed by atoms with Gasteiger partial charge in [0.15, 0.2) is 0 Å². The average molecular weight is 261 g/mol. The molecule has 1 aliphatic heterocycles. The molecule has 1 aromatic heterocycles. The first kappa shape index (κ1) is 12.9. The maximum absolute atomic E-state index is 12.6. The van der Waals surface area contributed by atoms with Crippen LogP contribution in [0.1, 0.15) is 18.5 Å². The Labute approximate surface area is 102 Å². The van der Waals surface area contributed by atoms with Gasteiger partial charge in [0.25, 0.3) is 0 Å². The number of hydrogen-bond donors (Lipinski definition) is 2. The number of aliphatic hydroxyl groups is 1. The molecule has 100 valence electrons. The summed E-state index contributed by atoms with van der Waals surface area (Å²) in [5.41, 5.74) is 5.21. The van der Waals surface area contributed by atoms with Gasteiger partial charge in [0.2, 0.25) is 0 Å². The summed E-state index contributed by atoms with van der Waals surface area (Å²) in [6.07, 6.45) is -1.89. The summed E-state index contributed by atoms with van der Waals surface area (Å²) in [6.45, 7) is 0.500. The molecule has 2 rings (SSSR count). The molecule has 0 aliphatic carbocycles. The zero-order valence-corrected chi connectivity index (χ0v) is 9.61. The summed E-state index contributed by atoms with van der Waals surface area (Å²) in [6, 6.07) is 0.777. The van der Waals surface area contributed by atoms with Gasteiger partial charge >= 0.3 is 6.18 Å². The quantitative estimate of drug-likeness (QED) is 0.849. The van der Waals surface area contributed by atoms with Crippen LogP contribution in [0.25, 0.3) is 0 Å². The number of rotatable bonds is 2. The molecule has 0 amide bonds. The molecule has 0 radical (unpaired) electrons. The predicted octanol–water partition coefficient (Wildman–Crippen LogP) is 1.64. The molecule has 0 bridgehead atoms. The summed E-state index contributed by atoms with van der Waals surface area (Å²) < 4.78 is 37.8. The van der Waals surface area contributed by atoms with Crippen LogP contribution in [-0.4, -0.2) is 29.3 Å². The van der Waals surface area contributed by atoms with E-state index in [-0.39, 0.29) is 18.3 Å². The molecule has 1 saturated heterocycles. The Morgan fingerprint density at radius 3 is 2.83 bits per heavy atom. The first-order valence-electron chi connectivity index (χ1n) is 5.63. The Morgan fingerprint density at radius 1 is 1.50 bits per heavy atom. The summed E-state index contributed by atoms with van der Waals surface area (Å²) in [5.74, 6) is 0. The minimum atomic E-state index is -4.49. The molecule has 1 fully saturated rings. The molecule has 1 aromatic rings. The van der Waals surface area contributed by atoms with Crippen LogP contribution in [0.2, 0.25) is 0 Å². The molecular weight excluding hydrogens is 247 g/mol. The van der Waals surface area contributed by atoms with Crippen molar-refractivity contribution in [2.45, 2.75) is 25.1 Å². The zero-order valence-electron chi connectivity index (χ0n) is 9.61. The van der Waals surface area contributed by atoms with Crippen molar-refractivity contribution in [3.8, 4) is 0 Å². The summed E-state index contributed by atoms with van der Waals surface area (Å²) >= 11 is 0. The molecule has 0 saturated carbocycles. The molecule has 18 heavy (non-hydrogen) atoms. The van der Waals surface area contributed by atoms with Crippen molar-refractivity contribution >= 4 is 11.4 Å². The van der Waals surface area contributed by atoms with E-state index in [9.17, 15) is 18.3 Å². The van der Waals surface area contributed by atoms with E-state index in [2.05, 4.69) is 4.98 Å². The highest BCUT2D eigenvalue weighted by atomic mass is 19.4. The smallest absolute Gasteiger partial charge is 0.396 e. The van der Waals surface area contributed by atoms with E-state index >= 15 is 0 Å². The fourth-order valence-electron chi connectivity index (χ4n) is 2.20. The highest BCUT2D eigenvalue weighted by Crippen LogP contribution is 2.35. The number of halogens is 3. The lowest BCUT2D eigenvalue weighted by molar-refractivity contribution is -0.141. The molecular formula is C11H14F3N3O. The van der Waals surface area contributed by atoms with E-state index in [0.29, 0.717) is 12.2 Å². The van der Waals surface area contributed by atoms with Crippen LogP contribution in [0, 0.1) is 0 Å². The van der Waals surface area contributed by atoms with Crippen LogP contribution >= 0.6 is 0 Å². The second-order valence-corrected chi connectivity index (χ2v) is 4.30. The Kier molecular flexibility index (Phi) is 3.34. The van der Waals surface area contributed by atoms with E-state index in [1.807, 2.05) is 0 Å². The van der Waals surface area contributed by atoms with E-state index in [4.69, 9.17) is 5.73 Å². The molecule has 1 atom stereocenters. The van der Waals surface area contributed by atoms with Gasteiger partial charge in [0, 0.05) is 6.54 Å². The molecule has 2 heterocycles. The second-order valence-electron chi connectivity index (χ2n) is 4.30. The number of anilines is 2. The van der Waals surface area contributed by atoms with Gasteiger partial charge < -0.3 is 15.7 Å². The van der Waals surface area contributed by atoms with Crippen molar-refractivity contribution < 1.29 is 18.3 Å². The van der Waals surface area contributed by atoms with Crippen LogP contribution in [0.4, 0.5) is 24.5 Å². The van der Waals surface area contributed by atoms with Crippen molar-refractivity contribution in [2.24, 2.45) is 0 Å². The lowest BCUT2D eigenvalue weighted by Crippen LogP contribution is -2.33. The third kappa shape index (κ3) is 2.35. The normalized spacial score (nSPS) is 20.4. The Morgan fingerprint density at radius 2 is 2.22 bits per heavy atom. The number of alkyl halides is 3. The van der Waals surface area contributed by atoms with Gasteiger partial charge in [-0.3, -0.25) is 0 Å². The van der Waals surface area contributed by atoms with Gasteiger partial charge in [-0.25, -0.2) is 4.98 Å². The number of nitrogen functional groups attached to an aromatic ring is 1.